The van der Waals surface area contributed by atoms with Crippen LogP contribution in [0.4, 0.5) is 35.1 Å². The average Bonchev–Trinajstić information content (AvgIpc) is 3.87. The van der Waals surface area contributed by atoms with Gasteiger partial charge in [-0.05, 0) is 91.6 Å². The van der Waals surface area contributed by atoms with E-state index in [-0.39, 0.29) is 61.1 Å². The van der Waals surface area contributed by atoms with Crippen LogP contribution in [0.25, 0.3) is 0 Å². The summed E-state index contributed by atoms with van der Waals surface area (Å²) in [4.78, 5) is 29.2. The third-order valence-corrected chi connectivity index (χ3v) is 9.90. The number of nitrogens with zero attached hydrogens (tertiary/aromatic N) is 1. The molecule has 5 rings (SSSR count). The summed E-state index contributed by atoms with van der Waals surface area (Å²) < 4.78 is 111. The van der Waals surface area contributed by atoms with E-state index >= 15 is 0 Å². The third kappa shape index (κ3) is 9.87. The number of aliphatic hydroxyl groups is 1. The number of halogens is 9. The van der Waals surface area contributed by atoms with Gasteiger partial charge in [-0.3, -0.25) is 9.59 Å². The van der Waals surface area contributed by atoms with E-state index in [1.165, 1.54) is 12.1 Å². The van der Waals surface area contributed by atoms with E-state index in [4.69, 9.17) is 0 Å². The van der Waals surface area contributed by atoms with Crippen molar-refractivity contribution in [1.29, 1.82) is 0 Å². The molecule has 2 aliphatic rings. The van der Waals surface area contributed by atoms with Gasteiger partial charge in [-0.25, -0.2) is 8.78 Å². The van der Waals surface area contributed by atoms with Gasteiger partial charge in [0.1, 0.15) is 11.6 Å². The van der Waals surface area contributed by atoms with Gasteiger partial charge in [0.15, 0.2) is 0 Å². The lowest BCUT2D eigenvalue weighted by Gasteiger charge is -2.36. The van der Waals surface area contributed by atoms with Crippen LogP contribution in [0.1, 0.15) is 101 Å². The number of amides is 2. The number of hydrogen-bond acceptors (Lipinski definition) is 4. The zero-order valence-corrected chi connectivity index (χ0v) is 30.0. The van der Waals surface area contributed by atoms with E-state index in [2.05, 4.69) is 10.6 Å². The monoisotopic (exact) mass is 775 g/mol. The second-order valence-electron chi connectivity index (χ2n) is 13.7. The second-order valence-corrected chi connectivity index (χ2v) is 13.7. The molecule has 290 valence electrons. The maximum absolute atomic E-state index is 14.2. The van der Waals surface area contributed by atoms with Crippen LogP contribution in [0.15, 0.2) is 54.6 Å². The van der Waals surface area contributed by atoms with Crippen LogP contribution in [-0.4, -0.2) is 53.1 Å². The van der Waals surface area contributed by atoms with Crippen molar-refractivity contribution in [3.05, 3.63) is 105 Å². The van der Waals surface area contributed by atoms with Gasteiger partial charge in [-0.1, -0.05) is 38.8 Å². The van der Waals surface area contributed by atoms with Crippen molar-refractivity contribution in [2.75, 3.05) is 13.1 Å². The summed E-state index contributed by atoms with van der Waals surface area (Å²) >= 11 is 0. The number of hydrogen-bond donors (Lipinski definition) is 3. The Hall–Kier alpha value is -3.75. The van der Waals surface area contributed by atoms with Crippen LogP contribution in [0.2, 0.25) is 0 Å². The largest absolute Gasteiger partial charge is 0.416 e. The van der Waals surface area contributed by atoms with Crippen LogP contribution >= 0.6 is 12.4 Å². The highest BCUT2D eigenvalue weighted by atomic mass is 35.5. The Morgan fingerprint density at radius 1 is 0.906 bits per heavy atom. The fourth-order valence-electron chi connectivity index (χ4n) is 7.10. The first kappa shape index (κ1) is 42.0. The maximum Gasteiger partial charge on any atom is 0.416 e. The predicted octanol–water partition coefficient (Wildman–Crippen LogP) is 8.37. The summed E-state index contributed by atoms with van der Waals surface area (Å²) in [6, 6.07) is 7.20. The molecule has 1 aliphatic carbocycles. The van der Waals surface area contributed by atoms with E-state index in [9.17, 15) is 49.8 Å². The number of rotatable bonds is 14. The van der Waals surface area contributed by atoms with Crippen LogP contribution in [-0.2, 0) is 30.7 Å². The molecule has 2 atom stereocenters. The predicted molar refractivity (Wildman–Crippen MR) is 185 cm³/mol. The SMILES string of the molecule is CCCC(CCC)N1CCc2c(C(=O)N[C@@H](Cc3cc(F)cc(F)c3)[C@H](O)CNC3(c4cccc(C(F)(F)F)c4)CC3)cc(C(F)(F)F)cc2C1=O.Cl. The molecule has 2 amide bonds. The zero-order chi connectivity index (χ0) is 38.0. The van der Waals surface area contributed by atoms with E-state index < -0.39 is 70.2 Å². The molecule has 53 heavy (non-hydrogen) atoms. The smallest absolute Gasteiger partial charge is 0.390 e. The normalized spacial score (nSPS) is 16.5. The number of carbonyl (C=O) groups is 2. The van der Waals surface area contributed by atoms with Crippen molar-refractivity contribution < 1.29 is 49.8 Å². The van der Waals surface area contributed by atoms with Crippen molar-refractivity contribution in [3.63, 3.8) is 0 Å². The third-order valence-electron chi connectivity index (χ3n) is 9.90. The molecule has 3 N–H and O–H groups in total. The highest BCUT2D eigenvalue weighted by molar-refractivity contribution is 6.03. The molecule has 3 aromatic carbocycles. The highest BCUT2D eigenvalue weighted by Crippen LogP contribution is 2.46. The molecule has 3 aromatic rings. The average molecular weight is 776 g/mol. The van der Waals surface area contributed by atoms with Gasteiger partial charge in [0, 0.05) is 41.9 Å². The van der Waals surface area contributed by atoms with Gasteiger partial charge in [0.2, 0.25) is 0 Å². The Morgan fingerprint density at radius 2 is 1.53 bits per heavy atom. The zero-order valence-electron chi connectivity index (χ0n) is 29.1. The van der Waals surface area contributed by atoms with Gasteiger partial charge >= 0.3 is 12.4 Å². The highest BCUT2D eigenvalue weighted by Gasteiger charge is 2.46. The molecular formula is C38H42ClF8N3O3. The summed E-state index contributed by atoms with van der Waals surface area (Å²) in [7, 11) is 0. The van der Waals surface area contributed by atoms with E-state index in [0.717, 1.165) is 43.2 Å². The van der Waals surface area contributed by atoms with Gasteiger partial charge in [-0.2, -0.15) is 26.3 Å². The molecule has 1 aliphatic heterocycles. The minimum Gasteiger partial charge on any atom is -0.390 e. The standard InChI is InChI=1S/C38H41F8N3O3.ClH/c1-3-6-28(7-4-2)49-13-10-29-30(18-25(38(44,45)46)19-31(29)35(49)52)34(51)48-32(16-22-14-26(39)20-27(40)15-22)33(50)21-47-36(11-12-36)23-8-5-9-24(17-23)37(41,42)43;/h5,8-9,14-15,17-20,28,32-33,47,50H,3-4,6-7,10-13,16,21H2,1-2H3,(H,48,51);1H/t32-,33+;/m0./s1. The van der Waals surface area contributed by atoms with Crippen molar-refractivity contribution in [1.82, 2.24) is 15.5 Å². The van der Waals surface area contributed by atoms with Crippen LogP contribution in [0.5, 0.6) is 0 Å². The molecule has 0 spiro atoms. The van der Waals surface area contributed by atoms with E-state index in [1.807, 2.05) is 13.8 Å². The molecule has 0 radical (unpaired) electrons. The summed E-state index contributed by atoms with van der Waals surface area (Å²) in [5, 5.41) is 17.0. The van der Waals surface area contributed by atoms with Crippen molar-refractivity contribution in [3.8, 4) is 0 Å². The maximum atomic E-state index is 14.2. The number of alkyl halides is 6. The second kappa shape index (κ2) is 16.7. The first-order valence-electron chi connectivity index (χ1n) is 17.4. The van der Waals surface area contributed by atoms with Crippen molar-refractivity contribution >= 4 is 24.2 Å². The van der Waals surface area contributed by atoms with Crippen LogP contribution in [0, 0.1) is 11.6 Å². The number of nitrogens with one attached hydrogen (secondary N) is 2. The number of benzene rings is 3. The van der Waals surface area contributed by atoms with Crippen LogP contribution in [0.3, 0.4) is 0 Å². The van der Waals surface area contributed by atoms with Gasteiger partial charge in [0.05, 0.1) is 23.3 Å². The Bertz CT molecular complexity index is 1750. The number of fused-ring (bicyclic) bond motifs is 1. The quantitative estimate of drug-likeness (QED) is 0.144. The van der Waals surface area contributed by atoms with Crippen molar-refractivity contribution in [2.45, 2.75) is 101 Å². The molecule has 0 bridgehead atoms. The van der Waals surface area contributed by atoms with E-state index in [1.54, 1.807) is 4.90 Å². The summed E-state index contributed by atoms with van der Waals surface area (Å²) in [6.45, 7) is 3.77. The summed E-state index contributed by atoms with van der Waals surface area (Å²) in [5.41, 5.74) is -3.17. The molecule has 1 fully saturated rings. The first-order valence-corrected chi connectivity index (χ1v) is 17.4. The lowest BCUT2D eigenvalue weighted by molar-refractivity contribution is -0.138. The fourth-order valence-corrected chi connectivity index (χ4v) is 7.10. The van der Waals surface area contributed by atoms with Crippen molar-refractivity contribution in [2.24, 2.45) is 0 Å². The number of aliphatic hydroxyl groups excluding tert-OH is 1. The van der Waals surface area contributed by atoms with Crippen LogP contribution < -0.4 is 10.6 Å². The molecule has 0 aromatic heterocycles. The Morgan fingerprint density at radius 3 is 2.09 bits per heavy atom. The number of carbonyl (C=O) groups excluding carboxylic acids is 2. The molecule has 15 heteroatoms. The molecular weight excluding hydrogens is 734 g/mol. The molecule has 6 nitrogen and oxygen atoms in total. The van der Waals surface area contributed by atoms with Gasteiger partial charge in [-0.15, -0.1) is 12.4 Å². The van der Waals surface area contributed by atoms with Gasteiger partial charge in [0.25, 0.3) is 11.8 Å². The summed E-state index contributed by atoms with van der Waals surface area (Å²) in [5.74, 6) is -3.53. The first-order chi connectivity index (χ1) is 24.5. The molecule has 1 saturated carbocycles. The minimum absolute atomic E-state index is 0. The van der Waals surface area contributed by atoms with E-state index in [0.29, 0.717) is 43.4 Å². The summed E-state index contributed by atoms with van der Waals surface area (Å²) in [6.07, 6.45) is -7.59. The fraction of sp³-hybridized carbons (Fsp3) is 0.474. The Labute approximate surface area is 308 Å². The Balaban J connectivity index is 0.00000627. The lowest BCUT2D eigenvalue weighted by atomic mass is 9.89. The van der Waals surface area contributed by atoms with Gasteiger partial charge < -0.3 is 20.6 Å². The molecule has 1 heterocycles. The minimum atomic E-state index is -4.91. The lowest BCUT2D eigenvalue weighted by Crippen LogP contribution is -2.50. The topological polar surface area (TPSA) is 81.7 Å². The Kier molecular flexibility index (Phi) is 13.3. The molecule has 0 unspecified atom stereocenters. The molecule has 0 saturated heterocycles.